The normalized spacial score (nSPS) is 17.2. The van der Waals surface area contributed by atoms with E-state index in [1.54, 1.807) is 0 Å². The molecule has 0 unspecified atom stereocenters. The van der Waals surface area contributed by atoms with Crippen LogP contribution in [0.3, 0.4) is 0 Å². The Kier molecular flexibility index (Phi) is 2.83. The molecule has 17 heavy (non-hydrogen) atoms. The fourth-order valence-corrected chi connectivity index (χ4v) is 2.37. The van der Waals surface area contributed by atoms with E-state index in [4.69, 9.17) is 0 Å². The first-order chi connectivity index (χ1) is 8.43. The lowest BCUT2D eigenvalue weighted by Gasteiger charge is -2.23. The number of piperidine rings is 1. The third kappa shape index (κ3) is 2.19. The highest BCUT2D eigenvalue weighted by Crippen LogP contribution is 2.27. The Morgan fingerprint density at radius 2 is 2.06 bits per heavy atom. The maximum absolute atomic E-state index is 4.01. The van der Waals surface area contributed by atoms with Crippen LogP contribution in [0.5, 0.6) is 0 Å². The summed E-state index contributed by atoms with van der Waals surface area (Å²) < 4.78 is 0. The summed E-state index contributed by atoms with van der Waals surface area (Å²) in [5.74, 6) is 1.32. The number of H-pyrrole nitrogens is 1. The second kappa shape index (κ2) is 4.63. The average Bonchev–Trinajstić information content (AvgIpc) is 2.94. The average molecular weight is 229 g/mol. The van der Waals surface area contributed by atoms with Crippen LogP contribution in [0.1, 0.15) is 24.3 Å². The van der Waals surface area contributed by atoms with E-state index in [1.165, 1.54) is 18.4 Å². The van der Waals surface area contributed by atoms with Crippen LogP contribution in [0.25, 0.3) is 11.4 Å². The van der Waals surface area contributed by atoms with Gasteiger partial charge in [0.05, 0.1) is 0 Å². The highest BCUT2D eigenvalue weighted by molar-refractivity contribution is 5.55. The van der Waals surface area contributed by atoms with E-state index in [-0.39, 0.29) is 0 Å². The molecule has 3 rings (SSSR count). The number of aromatic amines is 1. The number of hydrogen-bond donors (Lipinski definition) is 2. The summed E-state index contributed by atoms with van der Waals surface area (Å²) in [4.78, 5) is 0. The van der Waals surface area contributed by atoms with Crippen molar-refractivity contribution in [1.29, 1.82) is 0 Å². The van der Waals surface area contributed by atoms with Crippen molar-refractivity contribution in [2.45, 2.75) is 18.8 Å². The van der Waals surface area contributed by atoms with Gasteiger partial charge in [-0.1, -0.05) is 18.2 Å². The summed E-state index contributed by atoms with van der Waals surface area (Å²) in [6.45, 7) is 2.22. The number of aromatic nitrogens is 4. The lowest BCUT2D eigenvalue weighted by molar-refractivity contribution is 0.460. The van der Waals surface area contributed by atoms with E-state index >= 15 is 0 Å². The molecule has 5 heteroatoms. The summed E-state index contributed by atoms with van der Waals surface area (Å²) >= 11 is 0. The lowest BCUT2D eigenvalue weighted by Crippen LogP contribution is -2.26. The minimum absolute atomic E-state index is 0.656. The molecule has 0 atom stereocenters. The van der Waals surface area contributed by atoms with Gasteiger partial charge in [-0.25, -0.2) is 0 Å². The number of hydrogen-bond acceptors (Lipinski definition) is 4. The van der Waals surface area contributed by atoms with E-state index < -0.39 is 0 Å². The van der Waals surface area contributed by atoms with E-state index in [9.17, 15) is 0 Å². The van der Waals surface area contributed by atoms with Gasteiger partial charge < -0.3 is 5.32 Å². The molecule has 0 amide bonds. The van der Waals surface area contributed by atoms with Gasteiger partial charge in [-0.2, -0.15) is 5.21 Å². The third-order valence-electron chi connectivity index (χ3n) is 3.30. The molecule has 0 bridgehead atoms. The number of nitrogens with zero attached hydrogens (tertiary/aromatic N) is 3. The van der Waals surface area contributed by atoms with Gasteiger partial charge in [0.1, 0.15) is 0 Å². The molecule has 1 aliphatic heterocycles. The topological polar surface area (TPSA) is 66.5 Å². The molecular formula is C12H15N5. The molecule has 1 fully saturated rings. The van der Waals surface area contributed by atoms with Crippen molar-refractivity contribution >= 4 is 0 Å². The Bertz CT molecular complexity index is 473. The molecule has 2 N–H and O–H groups in total. The van der Waals surface area contributed by atoms with Gasteiger partial charge in [0.15, 0.2) is 0 Å². The fourth-order valence-electron chi connectivity index (χ4n) is 2.37. The first-order valence-electron chi connectivity index (χ1n) is 5.98. The van der Waals surface area contributed by atoms with Crippen LogP contribution in [0, 0.1) is 0 Å². The van der Waals surface area contributed by atoms with Gasteiger partial charge in [-0.15, -0.1) is 10.2 Å². The zero-order valence-corrected chi connectivity index (χ0v) is 9.56. The van der Waals surface area contributed by atoms with Crippen LogP contribution >= 0.6 is 0 Å². The van der Waals surface area contributed by atoms with E-state index in [2.05, 4.69) is 44.1 Å². The molecule has 1 aromatic carbocycles. The number of benzene rings is 1. The van der Waals surface area contributed by atoms with Crippen LogP contribution in [-0.2, 0) is 0 Å². The summed E-state index contributed by atoms with van der Waals surface area (Å²) in [7, 11) is 0. The lowest BCUT2D eigenvalue weighted by atomic mass is 9.89. The van der Waals surface area contributed by atoms with E-state index in [0.29, 0.717) is 11.7 Å². The predicted octanol–water partition coefficient (Wildman–Crippen LogP) is 1.33. The number of tetrazole rings is 1. The highest BCUT2D eigenvalue weighted by Gasteiger charge is 2.15. The number of rotatable bonds is 2. The first kappa shape index (κ1) is 10.4. The summed E-state index contributed by atoms with van der Waals surface area (Å²) in [6.07, 6.45) is 2.41. The zero-order chi connectivity index (χ0) is 11.5. The van der Waals surface area contributed by atoms with Gasteiger partial charge in [-0.05, 0) is 48.7 Å². The number of nitrogens with one attached hydrogen (secondary N) is 2. The minimum atomic E-state index is 0.656. The second-order valence-electron chi connectivity index (χ2n) is 4.39. The van der Waals surface area contributed by atoms with Crippen molar-refractivity contribution < 1.29 is 0 Å². The van der Waals surface area contributed by atoms with Crippen LogP contribution in [0.2, 0.25) is 0 Å². The fraction of sp³-hybridized carbons (Fsp3) is 0.417. The van der Waals surface area contributed by atoms with E-state index in [1.807, 2.05) is 6.07 Å². The van der Waals surface area contributed by atoms with Crippen LogP contribution in [-0.4, -0.2) is 33.7 Å². The van der Waals surface area contributed by atoms with Gasteiger partial charge in [0.25, 0.3) is 0 Å². The Balaban J connectivity index is 1.88. The summed E-state index contributed by atoms with van der Waals surface area (Å²) in [5.41, 5.74) is 2.42. The second-order valence-corrected chi connectivity index (χ2v) is 4.39. The Morgan fingerprint density at radius 3 is 2.82 bits per heavy atom. The largest absolute Gasteiger partial charge is 0.317 e. The van der Waals surface area contributed by atoms with Gasteiger partial charge in [-0.3, -0.25) is 0 Å². The zero-order valence-electron chi connectivity index (χ0n) is 9.56. The molecule has 0 saturated carbocycles. The van der Waals surface area contributed by atoms with Crippen molar-refractivity contribution in [3.63, 3.8) is 0 Å². The molecule has 2 heterocycles. The maximum Gasteiger partial charge on any atom is 0.204 e. The standard InChI is InChI=1S/C12H15N5/c1-2-10(9-4-6-13-7-5-9)8-11(3-1)12-14-16-17-15-12/h1-3,8-9,13H,4-7H2,(H,14,15,16,17). The SMILES string of the molecule is c1cc(-c2nn[nH]n2)cc(C2CCNCC2)c1. The van der Waals surface area contributed by atoms with Crippen molar-refractivity contribution in [3.05, 3.63) is 29.8 Å². The molecule has 1 aliphatic rings. The highest BCUT2D eigenvalue weighted by atomic mass is 15.5. The Morgan fingerprint density at radius 1 is 1.18 bits per heavy atom. The molecule has 0 aliphatic carbocycles. The molecule has 0 radical (unpaired) electrons. The van der Waals surface area contributed by atoms with Crippen molar-refractivity contribution in [3.8, 4) is 11.4 Å². The minimum Gasteiger partial charge on any atom is -0.317 e. The molecule has 1 aromatic heterocycles. The summed E-state index contributed by atoms with van der Waals surface area (Å²) in [6, 6.07) is 8.47. The van der Waals surface area contributed by atoms with Crippen LogP contribution in [0.4, 0.5) is 0 Å². The quantitative estimate of drug-likeness (QED) is 0.815. The van der Waals surface area contributed by atoms with Crippen LogP contribution in [0.15, 0.2) is 24.3 Å². The van der Waals surface area contributed by atoms with Crippen molar-refractivity contribution in [1.82, 2.24) is 25.9 Å². The Hall–Kier alpha value is -1.75. The van der Waals surface area contributed by atoms with Gasteiger partial charge in [0.2, 0.25) is 5.82 Å². The molecular weight excluding hydrogens is 214 g/mol. The van der Waals surface area contributed by atoms with Gasteiger partial charge >= 0.3 is 0 Å². The smallest absolute Gasteiger partial charge is 0.204 e. The monoisotopic (exact) mass is 229 g/mol. The molecule has 1 saturated heterocycles. The van der Waals surface area contributed by atoms with Crippen LogP contribution < -0.4 is 5.32 Å². The van der Waals surface area contributed by atoms with Crippen molar-refractivity contribution in [2.24, 2.45) is 0 Å². The molecule has 88 valence electrons. The predicted molar refractivity (Wildman–Crippen MR) is 64.5 cm³/mol. The third-order valence-corrected chi connectivity index (χ3v) is 3.30. The van der Waals surface area contributed by atoms with Crippen molar-refractivity contribution in [2.75, 3.05) is 13.1 Å². The first-order valence-corrected chi connectivity index (χ1v) is 5.98. The molecule has 2 aromatic rings. The van der Waals surface area contributed by atoms with E-state index in [0.717, 1.165) is 18.7 Å². The Labute approximate surface area is 99.6 Å². The summed E-state index contributed by atoms with van der Waals surface area (Å²) in [5, 5.41) is 17.5. The van der Waals surface area contributed by atoms with Gasteiger partial charge in [0, 0.05) is 5.56 Å². The molecule has 0 spiro atoms. The molecule has 5 nitrogen and oxygen atoms in total. The maximum atomic E-state index is 4.01.